The van der Waals surface area contributed by atoms with Crippen LogP contribution in [0.2, 0.25) is 0 Å². The van der Waals surface area contributed by atoms with Gasteiger partial charge in [-0.3, -0.25) is 4.98 Å². The SMILES string of the molecule is CCCN1CCCCC1.COc1ccc2cc(-c3nc(C(C)(C)CNC(C)=S)[nH]c3-c3ccncc3)ccc2c1. The standard InChI is InChI=1S/C25H26N4OS.C8H17N/c1-16(31)27-15-25(2,3)24-28-22(17-9-11-26-12-10-17)23(29-24)20-6-5-19-14-21(30-4)8-7-18(19)13-20;1-2-6-9-7-4-3-5-8-9/h5-14H,15H2,1-4H3,(H,27,31)(H,28,29);2-8H2,1H3. The average molecular weight is 558 g/mol. The van der Waals surface area contributed by atoms with Crippen LogP contribution in [0.25, 0.3) is 33.3 Å². The van der Waals surface area contributed by atoms with Crippen LogP contribution < -0.4 is 10.1 Å². The number of nitrogens with zero attached hydrogens (tertiary/aromatic N) is 3. The minimum atomic E-state index is -0.232. The van der Waals surface area contributed by atoms with E-state index in [9.17, 15) is 0 Å². The summed E-state index contributed by atoms with van der Waals surface area (Å²) in [4.78, 5) is 16.2. The van der Waals surface area contributed by atoms with Crippen molar-refractivity contribution < 1.29 is 4.74 Å². The van der Waals surface area contributed by atoms with Gasteiger partial charge in [0, 0.05) is 35.5 Å². The Bertz CT molecular complexity index is 1390. The Morgan fingerprint density at radius 3 is 2.38 bits per heavy atom. The molecular formula is C33H43N5OS. The first-order valence-corrected chi connectivity index (χ1v) is 14.8. The van der Waals surface area contributed by atoms with Crippen LogP contribution in [0.15, 0.2) is 60.9 Å². The van der Waals surface area contributed by atoms with Gasteiger partial charge in [0.05, 0.1) is 23.5 Å². The highest BCUT2D eigenvalue weighted by molar-refractivity contribution is 7.80. The van der Waals surface area contributed by atoms with E-state index in [4.69, 9.17) is 21.9 Å². The van der Waals surface area contributed by atoms with Crippen molar-refractivity contribution in [1.29, 1.82) is 0 Å². The predicted molar refractivity (Wildman–Crippen MR) is 171 cm³/mol. The van der Waals surface area contributed by atoms with Crippen LogP contribution in [0.1, 0.15) is 59.2 Å². The van der Waals surface area contributed by atoms with Crippen molar-refractivity contribution in [3.8, 4) is 28.3 Å². The molecule has 40 heavy (non-hydrogen) atoms. The molecule has 3 heterocycles. The zero-order valence-corrected chi connectivity index (χ0v) is 25.4. The average Bonchev–Trinajstić information content (AvgIpc) is 3.44. The van der Waals surface area contributed by atoms with Crippen LogP contribution >= 0.6 is 12.2 Å². The number of thiocarbonyl (C=S) groups is 1. The van der Waals surface area contributed by atoms with Crippen molar-refractivity contribution in [1.82, 2.24) is 25.2 Å². The molecule has 2 aromatic carbocycles. The predicted octanol–water partition coefficient (Wildman–Crippen LogP) is 7.40. The summed E-state index contributed by atoms with van der Waals surface area (Å²) >= 11 is 5.20. The van der Waals surface area contributed by atoms with E-state index in [0.29, 0.717) is 6.54 Å². The fourth-order valence-electron chi connectivity index (χ4n) is 5.06. The number of hydrogen-bond acceptors (Lipinski definition) is 5. The number of hydrogen-bond donors (Lipinski definition) is 2. The molecule has 7 heteroatoms. The Labute approximate surface area is 244 Å². The minimum Gasteiger partial charge on any atom is -0.497 e. The maximum atomic E-state index is 5.36. The number of likely N-dealkylation sites (tertiary alicyclic amines) is 1. The van der Waals surface area contributed by atoms with Crippen LogP contribution in [0.4, 0.5) is 0 Å². The van der Waals surface area contributed by atoms with Crippen LogP contribution in [0.3, 0.4) is 0 Å². The van der Waals surface area contributed by atoms with Gasteiger partial charge in [-0.05, 0) is 86.9 Å². The summed E-state index contributed by atoms with van der Waals surface area (Å²) in [6.07, 6.45) is 9.24. The van der Waals surface area contributed by atoms with Crippen molar-refractivity contribution in [3.05, 3.63) is 66.7 Å². The number of aromatic nitrogens is 3. The molecule has 2 N–H and O–H groups in total. The first-order valence-electron chi connectivity index (χ1n) is 14.4. The number of aromatic amines is 1. The molecule has 1 aliphatic heterocycles. The zero-order valence-electron chi connectivity index (χ0n) is 24.6. The fourth-order valence-corrected chi connectivity index (χ4v) is 5.13. The maximum Gasteiger partial charge on any atom is 0.119 e. The van der Waals surface area contributed by atoms with Crippen LogP contribution in [-0.4, -0.2) is 58.1 Å². The lowest BCUT2D eigenvalue weighted by molar-refractivity contribution is 0.229. The molecule has 0 amide bonds. The second-order valence-corrected chi connectivity index (χ2v) is 11.8. The molecule has 2 aromatic heterocycles. The van der Waals surface area contributed by atoms with Crippen molar-refractivity contribution in [2.75, 3.05) is 33.3 Å². The van der Waals surface area contributed by atoms with Gasteiger partial charge in [0.25, 0.3) is 0 Å². The smallest absolute Gasteiger partial charge is 0.119 e. The molecular weight excluding hydrogens is 514 g/mol. The van der Waals surface area contributed by atoms with E-state index in [1.807, 2.05) is 31.2 Å². The zero-order chi connectivity index (χ0) is 28.5. The van der Waals surface area contributed by atoms with E-state index in [1.165, 1.54) is 45.3 Å². The lowest BCUT2D eigenvalue weighted by Gasteiger charge is -2.25. The number of rotatable bonds is 8. The van der Waals surface area contributed by atoms with Crippen molar-refractivity contribution in [3.63, 3.8) is 0 Å². The van der Waals surface area contributed by atoms with Crippen LogP contribution in [0, 0.1) is 0 Å². The topological polar surface area (TPSA) is 66.1 Å². The van der Waals surface area contributed by atoms with Crippen LogP contribution in [0.5, 0.6) is 5.75 Å². The molecule has 0 atom stereocenters. The molecule has 6 nitrogen and oxygen atoms in total. The highest BCUT2D eigenvalue weighted by Crippen LogP contribution is 2.35. The molecule has 0 spiro atoms. The molecule has 0 aliphatic carbocycles. The molecule has 1 aliphatic rings. The number of H-pyrrole nitrogens is 1. The van der Waals surface area contributed by atoms with E-state index in [1.54, 1.807) is 19.5 Å². The van der Waals surface area contributed by atoms with Crippen molar-refractivity contribution in [2.24, 2.45) is 0 Å². The van der Waals surface area contributed by atoms with Gasteiger partial charge in [0.15, 0.2) is 0 Å². The third-order valence-corrected chi connectivity index (χ3v) is 7.55. The van der Waals surface area contributed by atoms with Gasteiger partial charge < -0.3 is 19.9 Å². The summed E-state index contributed by atoms with van der Waals surface area (Å²) in [5.74, 6) is 1.76. The number of ether oxygens (including phenoxy) is 1. The number of piperidine rings is 1. The molecule has 0 saturated carbocycles. The summed E-state index contributed by atoms with van der Waals surface area (Å²) in [7, 11) is 1.68. The summed E-state index contributed by atoms with van der Waals surface area (Å²) in [5.41, 5.74) is 3.78. The second kappa shape index (κ2) is 13.9. The van der Waals surface area contributed by atoms with Crippen molar-refractivity contribution >= 4 is 28.0 Å². The molecule has 1 saturated heterocycles. The molecule has 0 bridgehead atoms. The lowest BCUT2D eigenvalue weighted by Crippen LogP contribution is -2.35. The number of pyridine rings is 1. The molecule has 212 valence electrons. The third kappa shape index (κ3) is 7.67. The van der Waals surface area contributed by atoms with Gasteiger partial charge in [-0.2, -0.15) is 0 Å². The Morgan fingerprint density at radius 1 is 1.00 bits per heavy atom. The highest BCUT2D eigenvalue weighted by atomic mass is 32.1. The minimum absolute atomic E-state index is 0.232. The maximum absolute atomic E-state index is 5.36. The van der Waals surface area contributed by atoms with Gasteiger partial charge in [0.2, 0.25) is 0 Å². The Kier molecular flexibility index (Phi) is 10.3. The molecule has 4 aromatic rings. The monoisotopic (exact) mass is 557 g/mol. The normalized spacial score (nSPS) is 13.9. The number of benzene rings is 2. The van der Waals surface area contributed by atoms with E-state index >= 15 is 0 Å². The largest absolute Gasteiger partial charge is 0.497 e. The van der Waals surface area contributed by atoms with Gasteiger partial charge in [-0.1, -0.05) is 57.6 Å². The summed E-state index contributed by atoms with van der Waals surface area (Å²) in [6, 6.07) is 16.5. The number of nitrogens with one attached hydrogen (secondary N) is 2. The van der Waals surface area contributed by atoms with Gasteiger partial charge in [-0.25, -0.2) is 4.98 Å². The number of fused-ring (bicyclic) bond motifs is 1. The Balaban J connectivity index is 0.000000350. The van der Waals surface area contributed by atoms with Gasteiger partial charge >= 0.3 is 0 Å². The van der Waals surface area contributed by atoms with E-state index in [-0.39, 0.29) is 5.41 Å². The van der Waals surface area contributed by atoms with E-state index < -0.39 is 0 Å². The Hall–Kier alpha value is -3.29. The molecule has 0 radical (unpaired) electrons. The third-order valence-electron chi connectivity index (χ3n) is 7.40. The quantitative estimate of drug-likeness (QED) is 0.220. The van der Waals surface area contributed by atoms with Crippen LogP contribution in [-0.2, 0) is 5.41 Å². The summed E-state index contributed by atoms with van der Waals surface area (Å²) in [5, 5.41) is 5.55. The van der Waals surface area contributed by atoms with Gasteiger partial charge in [0.1, 0.15) is 11.6 Å². The number of imidazole rings is 1. The lowest BCUT2D eigenvalue weighted by atomic mass is 9.92. The van der Waals surface area contributed by atoms with E-state index in [0.717, 1.165) is 49.8 Å². The Morgan fingerprint density at radius 2 is 1.70 bits per heavy atom. The first kappa shape index (κ1) is 29.7. The fraction of sp³-hybridized carbons (Fsp3) is 0.424. The first-order chi connectivity index (χ1) is 19.3. The molecule has 5 rings (SSSR count). The highest BCUT2D eigenvalue weighted by Gasteiger charge is 2.27. The van der Waals surface area contributed by atoms with Gasteiger partial charge in [-0.15, -0.1) is 0 Å². The van der Waals surface area contributed by atoms with E-state index in [2.05, 4.69) is 65.2 Å². The number of methoxy groups -OCH3 is 1. The van der Waals surface area contributed by atoms with Crippen molar-refractivity contribution in [2.45, 2.75) is 58.8 Å². The molecule has 0 unspecified atom stereocenters. The summed E-state index contributed by atoms with van der Waals surface area (Å²) < 4.78 is 5.36. The summed E-state index contributed by atoms with van der Waals surface area (Å²) in [6.45, 7) is 13.2. The second-order valence-electron chi connectivity index (χ2n) is 11.2. The molecule has 1 fully saturated rings.